The molecule has 8 heteroatoms. The summed E-state index contributed by atoms with van der Waals surface area (Å²) in [6.45, 7) is 4.03. The lowest BCUT2D eigenvalue weighted by molar-refractivity contribution is 0.0661. The van der Waals surface area contributed by atoms with Crippen molar-refractivity contribution in [2.75, 3.05) is 0 Å². The van der Waals surface area contributed by atoms with E-state index in [4.69, 9.17) is 9.52 Å². The Kier molecular flexibility index (Phi) is 4.01. The van der Waals surface area contributed by atoms with Gasteiger partial charge in [0.15, 0.2) is 4.67 Å². The maximum Gasteiger partial charge on any atom is 0.371 e. The topological polar surface area (TPSA) is 96.6 Å². The van der Waals surface area contributed by atoms with E-state index in [1.807, 2.05) is 13.8 Å². The molecular weight excluding hydrogens is 350 g/mol. The molecular formula is C12H16BrNO5S. The van der Waals surface area contributed by atoms with E-state index in [2.05, 4.69) is 20.7 Å². The quantitative estimate of drug-likeness (QED) is 0.854. The third-order valence-corrected chi connectivity index (χ3v) is 6.04. The van der Waals surface area contributed by atoms with Crippen LogP contribution in [0.4, 0.5) is 0 Å². The lowest BCUT2D eigenvalue weighted by atomic mass is 9.88. The van der Waals surface area contributed by atoms with Gasteiger partial charge in [-0.3, -0.25) is 0 Å². The highest BCUT2D eigenvalue weighted by Gasteiger charge is 2.38. The third-order valence-electron chi connectivity index (χ3n) is 3.71. The number of aromatic carboxylic acids is 1. The van der Waals surface area contributed by atoms with Gasteiger partial charge in [-0.1, -0.05) is 20.3 Å². The molecule has 112 valence electrons. The second-order valence-corrected chi connectivity index (χ2v) is 8.01. The zero-order chi connectivity index (χ0) is 15.1. The van der Waals surface area contributed by atoms with Crippen LogP contribution in [0.3, 0.4) is 0 Å². The molecule has 1 aromatic rings. The second kappa shape index (κ2) is 5.16. The van der Waals surface area contributed by atoms with Gasteiger partial charge in [0.2, 0.25) is 15.8 Å². The molecule has 1 atom stereocenters. The summed E-state index contributed by atoms with van der Waals surface area (Å²) < 4.78 is 32.1. The van der Waals surface area contributed by atoms with Crippen molar-refractivity contribution < 1.29 is 22.7 Å². The first-order valence-corrected chi connectivity index (χ1v) is 8.46. The highest BCUT2D eigenvalue weighted by Crippen LogP contribution is 2.38. The number of hydrogen-bond acceptors (Lipinski definition) is 4. The average Bonchev–Trinajstić information content (AvgIpc) is 2.83. The minimum Gasteiger partial charge on any atom is -0.475 e. The third kappa shape index (κ3) is 2.91. The van der Waals surface area contributed by atoms with Crippen molar-refractivity contribution in [3.8, 4) is 0 Å². The van der Waals surface area contributed by atoms with Gasteiger partial charge in [-0.25, -0.2) is 17.9 Å². The van der Waals surface area contributed by atoms with Crippen molar-refractivity contribution in [2.45, 2.75) is 44.0 Å². The first kappa shape index (κ1) is 15.5. The number of hydrogen-bond donors (Lipinski definition) is 2. The monoisotopic (exact) mass is 365 g/mol. The van der Waals surface area contributed by atoms with Crippen LogP contribution in [0.1, 0.15) is 43.7 Å². The van der Waals surface area contributed by atoms with Crippen LogP contribution in [0.5, 0.6) is 0 Å². The van der Waals surface area contributed by atoms with E-state index in [9.17, 15) is 13.2 Å². The summed E-state index contributed by atoms with van der Waals surface area (Å²) in [4.78, 5) is 10.6. The summed E-state index contributed by atoms with van der Waals surface area (Å²) in [6.07, 6.45) is 2.69. The van der Waals surface area contributed by atoms with Gasteiger partial charge in [0.05, 0.1) is 0 Å². The van der Waals surface area contributed by atoms with E-state index in [0.29, 0.717) is 0 Å². The smallest absolute Gasteiger partial charge is 0.371 e. The molecule has 6 nitrogen and oxygen atoms in total. The molecule has 0 aliphatic heterocycles. The minimum absolute atomic E-state index is 0.0989. The fourth-order valence-corrected chi connectivity index (χ4v) is 4.82. The van der Waals surface area contributed by atoms with E-state index in [1.54, 1.807) is 0 Å². The zero-order valence-electron chi connectivity index (χ0n) is 11.1. The number of carboxylic acids is 1. The van der Waals surface area contributed by atoms with Gasteiger partial charge in [-0.15, -0.1) is 0 Å². The Morgan fingerprint density at radius 1 is 1.55 bits per heavy atom. The minimum atomic E-state index is -3.81. The van der Waals surface area contributed by atoms with Crippen LogP contribution in [0.2, 0.25) is 0 Å². The van der Waals surface area contributed by atoms with Crippen molar-refractivity contribution >= 4 is 31.9 Å². The predicted molar refractivity (Wildman–Crippen MR) is 75.1 cm³/mol. The van der Waals surface area contributed by atoms with E-state index in [1.165, 1.54) is 0 Å². The van der Waals surface area contributed by atoms with Crippen molar-refractivity contribution in [1.29, 1.82) is 0 Å². The molecule has 0 aromatic carbocycles. The van der Waals surface area contributed by atoms with E-state index in [0.717, 1.165) is 25.3 Å². The highest BCUT2D eigenvalue weighted by molar-refractivity contribution is 9.10. The largest absolute Gasteiger partial charge is 0.475 e. The second-order valence-electron chi connectivity index (χ2n) is 5.61. The molecule has 1 fully saturated rings. The van der Waals surface area contributed by atoms with E-state index in [-0.39, 0.29) is 21.0 Å². The van der Waals surface area contributed by atoms with Crippen molar-refractivity contribution in [1.82, 2.24) is 4.72 Å². The van der Waals surface area contributed by atoms with Gasteiger partial charge in [-0.2, -0.15) is 0 Å². The van der Waals surface area contributed by atoms with Crippen molar-refractivity contribution in [2.24, 2.45) is 5.41 Å². The molecule has 1 unspecified atom stereocenters. The van der Waals surface area contributed by atoms with Crippen molar-refractivity contribution in [3.63, 3.8) is 0 Å². The van der Waals surface area contributed by atoms with Gasteiger partial charge >= 0.3 is 5.97 Å². The first-order valence-electron chi connectivity index (χ1n) is 6.18. The first-order chi connectivity index (χ1) is 9.13. The Hall–Kier alpha value is -0.860. The number of nitrogens with one attached hydrogen (secondary N) is 1. The van der Waals surface area contributed by atoms with Crippen molar-refractivity contribution in [3.05, 3.63) is 16.5 Å². The van der Waals surface area contributed by atoms with E-state index >= 15 is 0 Å². The number of rotatable bonds is 4. The summed E-state index contributed by atoms with van der Waals surface area (Å²) in [5.41, 5.74) is -0.112. The fourth-order valence-electron chi connectivity index (χ4n) is 2.44. The van der Waals surface area contributed by atoms with Gasteiger partial charge < -0.3 is 9.52 Å². The zero-order valence-corrected chi connectivity index (χ0v) is 13.5. The molecule has 0 saturated heterocycles. The Bertz CT molecular complexity index is 634. The molecule has 1 aliphatic rings. The summed E-state index contributed by atoms with van der Waals surface area (Å²) in [6, 6.07) is 0.846. The Morgan fingerprint density at radius 3 is 2.65 bits per heavy atom. The average molecular weight is 366 g/mol. The number of sulfonamides is 1. The van der Waals surface area contributed by atoms with Crippen LogP contribution < -0.4 is 4.72 Å². The van der Waals surface area contributed by atoms with Crippen LogP contribution >= 0.6 is 15.9 Å². The summed E-state index contributed by atoms with van der Waals surface area (Å²) in [7, 11) is -3.81. The van der Waals surface area contributed by atoms with Crippen LogP contribution in [0.25, 0.3) is 0 Å². The van der Waals surface area contributed by atoms with Gasteiger partial charge in [0, 0.05) is 12.1 Å². The molecule has 2 N–H and O–H groups in total. The summed E-state index contributed by atoms with van der Waals surface area (Å²) in [5, 5.41) is 8.83. The van der Waals surface area contributed by atoms with Crippen LogP contribution in [0.15, 0.2) is 20.0 Å². The highest BCUT2D eigenvalue weighted by atomic mass is 79.9. The van der Waals surface area contributed by atoms with Crippen LogP contribution in [0, 0.1) is 5.41 Å². The Labute approximate surface area is 125 Å². The fraction of sp³-hybridized carbons (Fsp3) is 0.583. The molecule has 0 bridgehead atoms. The maximum absolute atomic E-state index is 12.3. The standard InChI is InChI=1S/C12H16BrNO5S/c1-12(2)5-3-4-9(12)14-20(17,18)8-6-7(11(15)16)19-10(8)13/h6,9,14H,3-5H2,1-2H3,(H,15,16). The molecule has 0 amide bonds. The Morgan fingerprint density at radius 2 is 2.20 bits per heavy atom. The summed E-state index contributed by atoms with van der Waals surface area (Å²) >= 11 is 2.95. The predicted octanol–water partition coefficient (Wildman–Crippen LogP) is 2.60. The number of carboxylic acid groups (broad SMARTS) is 1. The molecule has 1 aromatic heterocycles. The maximum atomic E-state index is 12.3. The van der Waals surface area contributed by atoms with Gasteiger partial charge in [-0.05, 0) is 34.2 Å². The molecule has 1 aliphatic carbocycles. The number of furan rings is 1. The molecule has 20 heavy (non-hydrogen) atoms. The van der Waals surface area contributed by atoms with Gasteiger partial charge in [0.25, 0.3) is 0 Å². The molecule has 0 spiro atoms. The molecule has 0 radical (unpaired) electrons. The van der Waals surface area contributed by atoms with Crippen LogP contribution in [-0.4, -0.2) is 25.5 Å². The summed E-state index contributed by atoms with van der Waals surface area (Å²) in [5.74, 6) is -1.73. The molecule has 2 rings (SSSR count). The number of halogens is 1. The van der Waals surface area contributed by atoms with Gasteiger partial charge in [0.1, 0.15) is 4.90 Å². The molecule has 1 saturated carbocycles. The lowest BCUT2D eigenvalue weighted by Crippen LogP contribution is -2.41. The lowest BCUT2D eigenvalue weighted by Gasteiger charge is -2.27. The normalized spacial score (nSPS) is 22.1. The van der Waals surface area contributed by atoms with Crippen LogP contribution in [-0.2, 0) is 10.0 Å². The Balaban J connectivity index is 2.29. The molecule has 1 heterocycles. The number of carbonyl (C=O) groups is 1. The van der Waals surface area contributed by atoms with E-state index < -0.39 is 21.8 Å². The SMILES string of the molecule is CC1(C)CCCC1NS(=O)(=O)c1cc(C(=O)O)oc1Br.